The van der Waals surface area contributed by atoms with Crippen molar-refractivity contribution < 1.29 is 4.42 Å². The van der Waals surface area contributed by atoms with Gasteiger partial charge in [-0.3, -0.25) is 0 Å². The molecule has 0 N–H and O–H groups in total. The molecule has 9 aromatic carbocycles. The van der Waals surface area contributed by atoms with E-state index in [1.807, 2.05) is 0 Å². The first-order valence-corrected chi connectivity index (χ1v) is 21.0. The average Bonchev–Trinajstić information content (AvgIpc) is 3.99. The molecule has 0 atom stereocenters. The van der Waals surface area contributed by atoms with E-state index in [4.69, 9.17) is 4.42 Å². The van der Waals surface area contributed by atoms with Gasteiger partial charge in [0.2, 0.25) is 0 Å². The van der Waals surface area contributed by atoms with Crippen molar-refractivity contribution in [2.24, 2.45) is 0 Å². The summed E-state index contributed by atoms with van der Waals surface area (Å²) in [6.45, 7) is 4.73. The van der Waals surface area contributed by atoms with Crippen LogP contribution in [0.4, 0.5) is 17.1 Å². The first kappa shape index (κ1) is 33.5. The third-order valence-electron chi connectivity index (χ3n) is 13.9. The van der Waals surface area contributed by atoms with Crippen LogP contribution >= 0.6 is 0 Å². The molecule has 0 bridgehead atoms. The summed E-state index contributed by atoms with van der Waals surface area (Å²) < 4.78 is 6.59. The van der Waals surface area contributed by atoms with Gasteiger partial charge in [-0.2, -0.15) is 0 Å². The van der Waals surface area contributed by atoms with Gasteiger partial charge in [0.1, 0.15) is 11.2 Å². The smallest absolute Gasteiger partial charge is 0.137 e. The van der Waals surface area contributed by atoms with Gasteiger partial charge in [0.05, 0.1) is 22.2 Å². The Kier molecular flexibility index (Phi) is 6.74. The summed E-state index contributed by atoms with van der Waals surface area (Å²) >= 11 is 0. The molecule has 282 valence electrons. The molecule has 10 aromatic rings. The van der Waals surface area contributed by atoms with Crippen LogP contribution in [0.1, 0.15) is 47.2 Å². The van der Waals surface area contributed by atoms with E-state index >= 15 is 0 Å². The highest BCUT2D eigenvalue weighted by atomic mass is 16.3. The van der Waals surface area contributed by atoms with Gasteiger partial charge in [-0.1, -0.05) is 172 Å². The number of anilines is 3. The number of nitrogens with zero attached hydrogens (tertiary/aromatic N) is 1. The zero-order valence-electron chi connectivity index (χ0n) is 33.4. The monoisotopic (exact) mass is 765 g/mol. The number of rotatable bonds is 4. The van der Waals surface area contributed by atoms with Gasteiger partial charge in [0, 0.05) is 22.1 Å². The van der Waals surface area contributed by atoms with Gasteiger partial charge in [-0.05, 0) is 115 Å². The average molecular weight is 766 g/mol. The Balaban J connectivity index is 1.14. The second-order valence-electron chi connectivity index (χ2n) is 17.2. The van der Waals surface area contributed by atoms with E-state index in [9.17, 15) is 0 Å². The van der Waals surface area contributed by atoms with Gasteiger partial charge >= 0.3 is 0 Å². The summed E-state index contributed by atoms with van der Waals surface area (Å²) in [6, 6.07) is 74.3. The molecular weight excluding hydrogens is 727 g/mol. The van der Waals surface area contributed by atoms with Crippen LogP contribution in [0.25, 0.3) is 66.4 Å². The summed E-state index contributed by atoms with van der Waals surface area (Å²) in [7, 11) is 0. The van der Waals surface area contributed by atoms with Gasteiger partial charge < -0.3 is 9.32 Å². The molecule has 0 amide bonds. The Morgan fingerprint density at radius 1 is 0.383 bits per heavy atom. The largest absolute Gasteiger partial charge is 0.456 e. The maximum Gasteiger partial charge on any atom is 0.137 e. The predicted octanol–water partition coefficient (Wildman–Crippen LogP) is 15.4. The summed E-state index contributed by atoms with van der Waals surface area (Å²) in [5, 5.41) is 2.22. The SMILES string of the molecule is CC1(C)c2ccccc2-c2c(N(c3ccc4c(c3)C3(c5ccccc5-c5ccccc53)c3cc(-c5ccccc5)ccc3-4)c3cccc4oc5ccccc5c34)cccc21. The highest BCUT2D eigenvalue weighted by molar-refractivity contribution is 6.14. The Morgan fingerprint density at radius 3 is 1.73 bits per heavy atom. The van der Waals surface area contributed by atoms with Crippen LogP contribution in [0.3, 0.4) is 0 Å². The van der Waals surface area contributed by atoms with Crippen LogP contribution in [0.15, 0.2) is 205 Å². The lowest BCUT2D eigenvalue weighted by Gasteiger charge is -2.33. The Hall–Kier alpha value is -7.42. The van der Waals surface area contributed by atoms with Crippen molar-refractivity contribution in [1.29, 1.82) is 0 Å². The van der Waals surface area contributed by atoms with Crippen LogP contribution in [-0.2, 0) is 10.8 Å². The van der Waals surface area contributed by atoms with Crippen LogP contribution in [0.5, 0.6) is 0 Å². The molecule has 0 saturated heterocycles. The fourth-order valence-corrected chi connectivity index (χ4v) is 11.3. The fraction of sp³-hybridized carbons (Fsp3) is 0.0690. The summed E-state index contributed by atoms with van der Waals surface area (Å²) in [4.78, 5) is 2.53. The molecule has 0 fully saturated rings. The molecule has 2 nitrogen and oxygen atoms in total. The quantitative estimate of drug-likeness (QED) is 0.177. The van der Waals surface area contributed by atoms with Crippen LogP contribution in [-0.4, -0.2) is 0 Å². The van der Waals surface area contributed by atoms with E-state index in [2.05, 4.69) is 219 Å². The van der Waals surface area contributed by atoms with Crippen molar-refractivity contribution in [3.63, 3.8) is 0 Å². The van der Waals surface area contributed by atoms with Gasteiger partial charge in [-0.15, -0.1) is 0 Å². The lowest BCUT2D eigenvalue weighted by Crippen LogP contribution is -2.26. The maximum absolute atomic E-state index is 6.59. The van der Waals surface area contributed by atoms with Gasteiger partial charge in [0.25, 0.3) is 0 Å². The van der Waals surface area contributed by atoms with Gasteiger partial charge in [-0.25, -0.2) is 0 Å². The minimum atomic E-state index is -0.522. The molecule has 3 aliphatic rings. The molecule has 1 spiro atoms. The molecule has 3 aliphatic carbocycles. The minimum absolute atomic E-state index is 0.153. The van der Waals surface area contributed by atoms with Crippen molar-refractivity contribution in [1.82, 2.24) is 0 Å². The van der Waals surface area contributed by atoms with Crippen molar-refractivity contribution in [2.45, 2.75) is 24.7 Å². The zero-order chi connectivity index (χ0) is 39.7. The fourth-order valence-electron chi connectivity index (χ4n) is 11.3. The zero-order valence-corrected chi connectivity index (χ0v) is 33.4. The molecule has 0 radical (unpaired) electrons. The summed E-state index contributed by atoms with van der Waals surface area (Å²) in [6.07, 6.45) is 0. The number of benzene rings is 9. The van der Waals surface area contributed by atoms with Crippen molar-refractivity contribution >= 4 is 39.0 Å². The predicted molar refractivity (Wildman–Crippen MR) is 248 cm³/mol. The van der Waals surface area contributed by atoms with E-state index < -0.39 is 5.41 Å². The maximum atomic E-state index is 6.59. The third kappa shape index (κ3) is 4.27. The highest BCUT2D eigenvalue weighted by Gasteiger charge is 2.52. The molecule has 1 aromatic heterocycles. The summed E-state index contributed by atoms with van der Waals surface area (Å²) in [5.41, 5.74) is 22.6. The number of hydrogen-bond acceptors (Lipinski definition) is 2. The first-order chi connectivity index (χ1) is 29.5. The Labute approximate surface area is 349 Å². The lowest BCUT2D eigenvalue weighted by atomic mass is 9.70. The van der Waals surface area contributed by atoms with Crippen molar-refractivity contribution in [3.05, 3.63) is 234 Å². The highest BCUT2D eigenvalue weighted by Crippen LogP contribution is 2.64. The molecule has 1 heterocycles. The lowest BCUT2D eigenvalue weighted by molar-refractivity contribution is 0.660. The molecular formula is C58H39NO. The topological polar surface area (TPSA) is 16.4 Å². The van der Waals surface area contributed by atoms with E-state index in [1.165, 1.54) is 77.9 Å². The van der Waals surface area contributed by atoms with Crippen LogP contribution in [0.2, 0.25) is 0 Å². The second-order valence-corrected chi connectivity index (χ2v) is 17.2. The van der Waals surface area contributed by atoms with Crippen LogP contribution in [0, 0.1) is 0 Å². The van der Waals surface area contributed by atoms with Crippen molar-refractivity contribution in [2.75, 3.05) is 4.90 Å². The molecule has 0 aliphatic heterocycles. The van der Waals surface area contributed by atoms with E-state index in [0.29, 0.717) is 0 Å². The summed E-state index contributed by atoms with van der Waals surface area (Å²) in [5.74, 6) is 0. The number of furan rings is 1. The van der Waals surface area contributed by atoms with Crippen LogP contribution < -0.4 is 4.90 Å². The van der Waals surface area contributed by atoms with E-state index in [0.717, 1.165) is 39.0 Å². The van der Waals surface area contributed by atoms with E-state index in [-0.39, 0.29) is 5.41 Å². The Morgan fingerprint density at radius 2 is 0.950 bits per heavy atom. The van der Waals surface area contributed by atoms with Gasteiger partial charge in [0.15, 0.2) is 0 Å². The number of fused-ring (bicyclic) bond motifs is 16. The minimum Gasteiger partial charge on any atom is -0.456 e. The van der Waals surface area contributed by atoms with Crippen molar-refractivity contribution in [3.8, 4) is 44.5 Å². The second kappa shape index (κ2) is 12.1. The molecule has 13 rings (SSSR count). The molecule has 0 saturated carbocycles. The first-order valence-electron chi connectivity index (χ1n) is 21.0. The number of para-hydroxylation sites is 1. The molecule has 0 unspecified atom stereocenters. The number of hydrogen-bond donors (Lipinski definition) is 0. The molecule has 2 heteroatoms. The standard InChI is InChI=1S/C58H39NO/c1-57(2)45-22-10-8-20-43(45)55-48(57)25-14-26-51(55)59(52-27-15-29-54-56(52)44-21-9-13-28-53(44)60-54)38-31-33-42-41-32-30-37(36-16-4-3-5-17-36)34-49(41)58(50(42)35-38)46-23-11-6-18-39(46)40-19-7-12-24-47(40)58/h3-35H,1-2H3. The van der Waals surface area contributed by atoms with E-state index in [1.54, 1.807) is 0 Å². The molecule has 60 heavy (non-hydrogen) atoms. The normalized spacial score (nSPS) is 14.4. The third-order valence-corrected chi connectivity index (χ3v) is 13.9. The Bertz CT molecular complexity index is 3380.